The SMILES string of the molecule is CCOc1ccc(NC(=O)COc2ccc(Cl)cc2C(N)=O)cc1. The second kappa shape index (κ2) is 8.21. The van der Waals surface area contributed by atoms with Crippen LogP contribution in [0.1, 0.15) is 17.3 Å². The molecule has 2 rings (SSSR count). The van der Waals surface area contributed by atoms with Crippen molar-refractivity contribution in [1.82, 2.24) is 0 Å². The third-order valence-electron chi connectivity index (χ3n) is 3.01. The summed E-state index contributed by atoms with van der Waals surface area (Å²) in [6, 6.07) is 11.4. The number of primary amides is 1. The van der Waals surface area contributed by atoms with Crippen molar-refractivity contribution in [3.63, 3.8) is 0 Å². The van der Waals surface area contributed by atoms with E-state index in [9.17, 15) is 9.59 Å². The fraction of sp³-hybridized carbons (Fsp3) is 0.176. The minimum Gasteiger partial charge on any atom is -0.494 e. The molecule has 0 fully saturated rings. The lowest BCUT2D eigenvalue weighted by Crippen LogP contribution is -2.21. The van der Waals surface area contributed by atoms with Crippen LogP contribution in [0.4, 0.5) is 5.69 Å². The summed E-state index contributed by atoms with van der Waals surface area (Å²) in [6.07, 6.45) is 0. The Kier molecular flexibility index (Phi) is 6.03. The van der Waals surface area contributed by atoms with E-state index in [0.29, 0.717) is 17.3 Å². The van der Waals surface area contributed by atoms with Crippen molar-refractivity contribution >= 4 is 29.1 Å². The highest BCUT2D eigenvalue weighted by Gasteiger charge is 2.12. The van der Waals surface area contributed by atoms with E-state index in [1.165, 1.54) is 12.1 Å². The standard InChI is InChI=1S/C17H17ClN2O4/c1-2-23-13-6-4-12(5-7-13)20-16(21)10-24-15-8-3-11(18)9-14(15)17(19)22/h3-9H,2,10H2,1H3,(H2,19,22)(H,20,21). The van der Waals surface area contributed by atoms with Gasteiger partial charge < -0.3 is 20.5 Å². The maximum Gasteiger partial charge on any atom is 0.262 e. The van der Waals surface area contributed by atoms with E-state index in [1.807, 2.05) is 6.92 Å². The summed E-state index contributed by atoms with van der Waals surface area (Å²) in [6.45, 7) is 2.20. The number of ether oxygens (including phenoxy) is 2. The van der Waals surface area contributed by atoms with Gasteiger partial charge >= 0.3 is 0 Å². The Morgan fingerprint density at radius 1 is 1.12 bits per heavy atom. The van der Waals surface area contributed by atoms with Crippen LogP contribution in [0.3, 0.4) is 0 Å². The lowest BCUT2D eigenvalue weighted by atomic mass is 10.2. The van der Waals surface area contributed by atoms with Crippen LogP contribution in [0.2, 0.25) is 5.02 Å². The van der Waals surface area contributed by atoms with Crippen LogP contribution in [-0.2, 0) is 4.79 Å². The molecule has 0 heterocycles. The van der Waals surface area contributed by atoms with E-state index in [0.717, 1.165) is 5.75 Å². The third-order valence-corrected chi connectivity index (χ3v) is 3.25. The molecule has 24 heavy (non-hydrogen) atoms. The van der Waals surface area contributed by atoms with Crippen molar-refractivity contribution in [1.29, 1.82) is 0 Å². The van der Waals surface area contributed by atoms with Gasteiger partial charge in [0.25, 0.3) is 11.8 Å². The van der Waals surface area contributed by atoms with Gasteiger partial charge in [-0.3, -0.25) is 9.59 Å². The number of nitrogens with one attached hydrogen (secondary N) is 1. The highest BCUT2D eigenvalue weighted by atomic mass is 35.5. The quantitative estimate of drug-likeness (QED) is 0.805. The number of hydrogen-bond donors (Lipinski definition) is 2. The number of carbonyl (C=O) groups excluding carboxylic acids is 2. The Morgan fingerprint density at radius 3 is 2.46 bits per heavy atom. The summed E-state index contributed by atoms with van der Waals surface area (Å²) in [5, 5.41) is 3.04. The van der Waals surface area contributed by atoms with Crippen LogP contribution >= 0.6 is 11.6 Å². The Hall–Kier alpha value is -2.73. The predicted octanol–water partition coefficient (Wildman–Crippen LogP) is 2.86. The van der Waals surface area contributed by atoms with E-state index in [1.54, 1.807) is 30.3 Å². The summed E-state index contributed by atoms with van der Waals surface area (Å²) < 4.78 is 10.7. The molecule has 0 atom stereocenters. The zero-order valence-corrected chi connectivity index (χ0v) is 13.8. The van der Waals surface area contributed by atoms with Gasteiger partial charge in [-0.05, 0) is 49.4 Å². The maximum atomic E-state index is 11.9. The number of benzene rings is 2. The van der Waals surface area contributed by atoms with Gasteiger partial charge in [-0.2, -0.15) is 0 Å². The highest BCUT2D eigenvalue weighted by molar-refractivity contribution is 6.31. The molecule has 2 aromatic rings. The topological polar surface area (TPSA) is 90.7 Å². The molecular weight excluding hydrogens is 332 g/mol. The number of rotatable bonds is 7. The molecule has 6 nitrogen and oxygen atoms in total. The van der Waals surface area contributed by atoms with Gasteiger partial charge in [0.15, 0.2) is 6.61 Å². The molecule has 0 bridgehead atoms. The fourth-order valence-electron chi connectivity index (χ4n) is 1.96. The van der Waals surface area contributed by atoms with Crippen LogP contribution in [0.25, 0.3) is 0 Å². The maximum absolute atomic E-state index is 11.9. The first kappa shape index (κ1) is 17.6. The third kappa shape index (κ3) is 4.89. The van der Waals surface area contributed by atoms with Crippen LogP contribution < -0.4 is 20.5 Å². The van der Waals surface area contributed by atoms with Crippen molar-refractivity contribution in [3.05, 3.63) is 53.1 Å². The zero-order chi connectivity index (χ0) is 17.5. The monoisotopic (exact) mass is 348 g/mol. The fourth-order valence-corrected chi connectivity index (χ4v) is 2.13. The first-order valence-electron chi connectivity index (χ1n) is 7.24. The van der Waals surface area contributed by atoms with Gasteiger partial charge in [-0.25, -0.2) is 0 Å². The molecule has 0 saturated heterocycles. The molecule has 2 aromatic carbocycles. The lowest BCUT2D eigenvalue weighted by Gasteiger charge is -2.11. The van der Waals surface area contributed by atoms with Crippen molar-refractivity contribution < 1.29 is 19.1 Å². The molecule has 0 aliphatic heterocycles. The molecular formula is C17H17ClN2O4. The van der Waals surface area contributed by atoms with Crippen molar-refractivity contribution in [2.24, 2.45) is 5.73 Å². The normalized spacial score (nSPS) is 10.1. The molecule has 0 aliphatic carbocycles. The smallest absolute Gasteiger partial charge is 0.262 e. The molecule has 7 heteroatoms. The van der Waals surface area contributed by atoms with Crippen molar-refractivity contribution in [3.8, 4) is 11.5 Å². The first-order chi connectivity index (χ1) is 11.5. The van der Waals surface area contributed by atoms with Crippen LogP contribution in [0.5, 0.6) is 11.5 Å². The highest BCUT2D eigenvalue weighted by Crippen LogP contribution is 2.22. The van der Waals surface area contributed by atoms with E-state index < -0.39 is 5.91 Å². The molecule has 0 saturated carbocycles. The molecule has 0 spiro atoms. The molecule has 126 valence electrons. The minimum atomic E-state index is -0.681. The summed E-state index contributed by atoms with van der Waals surface area (Å²) in [5.74, 6) is -0.128. The summed E-state index contributed by atoms with van der Waals surface area (Å²) in [4.78, 5) is 23.3. The van der Waals surface area contributed by atoms with E-state index in [-0.39, 0.29) is 23.8 Å². The van der Waals surface area contributed by atoms with Crippen molar-refractivity contribution in [2.75, 3.05) is 18.5 Å². The number of amides is 2. The average Bonchev–Trinajstić information content (AvgIpc) is 2.55. The molecule has 0 aliphatic rings. The number of carbonyl (C=O) groups is 2. The van der Waals surface area contributed by atoms with Gasteiger partial charge in [-0.1, -0.05) is 11.6 Å². The van der Waals surface area contributed by atoms with Gasteiger partial charge in [0.05, 0.1) is 12.2 Å². The van der Waals surface area contributed by atoms with Crippen LogP contribution in [0.15, 0.2) is 42.5 Å². The van der Waals surface area contributed by atoms with E-state index in [4.69, 9.17) is 26.8 Å². The van der Waals surface area contributed by atoms with Gasteiger partial charge in [-0.15, -0.1) is 0 Å². The Labute approximate surface area is 144 Å². The Balaban J connectivity index is 1.95. The minimum absolute atomic E-state index is 0.122. The number of hydrogen-bond acceptors (Lipinski definition) is 4. The number of halogens is 1. The van der Waals surface area contributed by atoms with Gasteiger partial charge in [0.2, 0.25) is 0 Å². The Bertz CT molecular complexity index is 732. The largest absolute Gasteiger partial charge is 0.494 e. The van der Waals surface area contributed by atoms with Crippen molar-refractivity contribution in [2.45, 2.75) is 6.92 Å². The molecule has 0 aromatic heterocycles. The molecule has 0 unspecified atom stereocenters. The summed E-state index contributed by atoms with van der Waals surface area (Å²) in [7, 11) is 0. The predicted molar refractivity (Wildman–Crippen MR) is 91.7 cm³/mol. The summed E-state index contributed by atoms with van der Waals surface area (Å²) in [5.41, 5.74) is 5.99. The van der Waals surface area contributed by atoms with E-state index in [2.05, 4.69) is 5.32 Å². The molecule has 3 N–H and O–H groups in total. The summed E-state index contributed by atoms with van der Waals surface area (Å²) >= 11 is 5.81. The molecule has 0 radical (unpaired) electrons. The van der Waals surface area contributed by atoms with Gasteiger partial charge in [0.1, 0.15) is 11.5 Å². The number of anilines is 1. The lowest BCUT2D eigenvalue weighted by molar-refractivity contribution is -0.118. The zero-order valence-electron chi connectivity index (χ0n) is 13.0. The molecule has 2 amide bonds. The van der Waals surface area contributed by atoms with Crippen LogP contribution in [-0.4, -0.2) is 25.0 Å². The number of nitrogens with two attached hydrogens (primary N) is 1. The Morgan fingerprint density at radius 2 is 1.83 bits per heavy atom. The average molecular weight is 349 g/mol. The van der Waals surface area contributed by atoms with Crippen LogP contribution in [0, 0.1) is 0 Å². The van der Waals surface area contributed by atoms with Gasteiger partial charge in [0, 0.05) is 10.7 Å². The second-order valence-corrected chi connectivity index (χ2v) is 5.24. The first-order valence-corrected chi connectivity index (χ1v) is 7.62. The van der Waals surface area contributed by atoms with E-state index >= 15 is 0 Å². The second-order valence-electron chi connectivity index (χ2n) is 4.80.